The van der Waals surface area contributed by atoms with Gasteiger partial charge in [0.1, 0.15) is 0 Å². The lowest BCUT2D eigenvalue weighted by Gasteiger charge is -1.99. The predicted molar refractivity (Wildman–Crippen MR) is 79.8 cm³/mol. The van der Waals surface area contributed by atoms with E-state index in [-0.39, 0.29) is 5.75 Å². The molecule has 0 radical (unpaired) electrons. The molecule has 21 heavy (non-hydrogen) atoms. The maximum atomic E-state index is 12.1. The Balaban J connectivity index is 2.58. The Kier molecular flexibility index (Phi) is 3.06. The van der Waals surface area contributed by atoms with Gasteiger partial charge in [0.2, 0.25) is 5.43 Å². The molecule has 1 aromatic rings. The van der Waals surface area contributed by atoms with Crippen molar-refractivity contribution in [1.29, 1.82) is 0 Å². The van der Waals surface area contributed by atoms with Crippen LogP contribution in [0.3, 0.4) is 0 Å². The Morgan fingerprint density at radius 1 is 1.00 bits per heavy atom. The highest BCUT2D eigenvalue weighted by Gasteiger charge is 2.22. The highest BCUT2D eigenvalue weighted by molar-refractivity contribution is 6.17. The Labute approximate surface area is 120 Å². The summed E-state index contributed by atoms with van der Waals surface area (Å²) in [6.45, 7) is 0. The van der Waals surface area contributed by atoms with Crippen molar-refractivity contribution >= 4 is 16.7 Å². The molecule has 2 aliphatic rings. The lowest BCUT2D eigenvalue weighted by Crippen LogP contribution is -2.00. The number of fused-ring (bicyclic) bond motifs is 3. The van der Waals surface area contributed by atoms with Crippen LogP contribution < -0.4 is 5.43 Å². The molecule has 4 heteroatoms. The summed E-state index contributed by atoms with van der Waals surface area (Å²) in [7, 11) is 1.31. The van der Waals surface area contributed by atoms with Crippen LogP contribution in [0.25, 0.3) is 21.9 Å². The monoisotopic (exact) mass is 280 g/mol. The number of ether oxygens (including phenoxy) is 1. The molecule has 0 bridgehead atoms. The Morgan fingerprint density at radius 3 is 2.43 bits per heavy atom. The minimum atomic E-state index is -0.486. The van der Waals surface area contributed by atoms with Crippen LogP contribution in [-0.2, 0) is 4.74 Å². The molecule has 0 saturated carbocycles. The van der Waals surface area contributed by atoms with Gasteiger partial charge in [0.15, 0.2) is 5.75 Å². The number of rotatable bonds is 1. The minimum absolute atomic E-state index is 0.351. The highest BCUT2D eigenvalue weighted by Crippen LogP contribution is 2.38. The van der Waals surface area contributed by atoms with Crippen molar-refractivity contribution in [2.45, 2.75) is 0 Å². The van der Waals surface area contributed by atoms with E-state index in [4.69, 9.17) is 4.74 Å². The zero-order valence-corrected chi connectivity index (χ0v) is 11.3. The molecule has 0 saturated heterocycles. The minimum Gasteiger partial charge on any atom is -0.504 e. The van der Waals surface area contributed by atoms with Gasteiger partial charge in [-0.25, -0.2) is 4.79 Å². The van der Waals surface area contributed by atoms with Gasteiger partial charge in [-0.15, -0.1) is 0 Å². The fourth-order valence-corrected chi connectivity index (χ4v) is 2.53. The third kappa shape index (κ3) is 2.01. The van der Waals surface area contributed by atoms with Crippen LogP contribution in [0.2, 0.25) is 0 Å². The average Bonchev–Trinajstić information content (AvgIpc) is 2.66. The molecule has 1 N–H and O–H groups in total. The number of hydrogen-bond donors (Lipinski definition) is 1. The number of esters is 1. The van der Waals surface area contributed by atoms with Crippen molar-refractivity contribution in [2.24, 2.45) is 0 Å². The van der Waals surface area contributed by atoms with Crippen molar-refractivity contribution in [3.05, 3.63) is 64.3 Å². The van der Waals surface area contributed by atoms with E-state index in [0.29, 0.717) is 21.9 Å². The topological polar surface area (TPSA) is 63.6 Å². The molecule has 2 aliphatic carbocycles. The van der Waals surface area contributed by atoms with E-state index < -0.39 is 11.4 Å². The Hall–Kier alpha value is -2.88. The van der Waals surface area contributed by atoms with Crippen LogP contribution in [0.15, 0.2) is 53.3 Å². The van der Waals surface area contributed by atoms with Gasteiger partial charge >= 0.3 is 5.97 Å². The first-order chi connectivity index (χ1) is 10.1. The van der Waals surface area contributed by atoms with Crippen LogP contribution in [0.4, 0.5) is 0 Å². The standard InChI is InChI=1S/C17H12O4/c1-21-17(20)16-11-6-4-2-3-5-10(11)13-9-15(19)14(18)8-7-12(13)16/h2-9H,1H3,(H,18,19). The maximum absolute atomic E-state index is 12.1. The van der Waals surface area contributed by atoms with Gasteiger partial charge in [-0.2, -0.15) is 0 Å². The molecule has 104 valence electrons. The number of carbonyl (C=O) groups is 1. The van der Waals surface area contributed by atoms with Crippen LogP contribution in [0.1, 0.15) is 10.4 Å². The van der Waals surface area contributed by atoms with E-state index >= 15 is 0 Å². The molecule has 1 aromatic carbocycles. The number of methoxy groups -OCH3 is 1. The van der Waals surface area contributed by atoms with E-state index in [1.54, 1.807) is 6.07 Å². The number of carbonyl (C=O) groups excluding carboxylic acids is 1. The molecule has 0 atom stereocenters. The molecule has 0 amide bonds. The number of aromatic hydroxyl groups is 1. The Morgan fingerprint density at radius 2 is 1.71 bits per heavy atom. The molecule has 0 aromatic heterocycles. The molecule has 0 heterocycles. The normalized spacial score (nSPS) is 10.7. The molecule has 0 aliphatic heterocycles. The first kappa shape index (κ1) is 13.1. The summed E-state index contributed by atoms with van der Waals surface area (Å²) >= 11 is 0. The van der Waals surface area contributed by atoms with Gasteiger partial charge in [0.05, 0.1) is 12.7 Å². The summed E-state index contributed by atoms with van der Waals surface area (Å²) in [5.41, 5.74) is 1.39. The second-order valence-corrected chi connectivity index (χ2v) is 4.66. The lowest BCUT2D eigenvalue weighted by molar-refractivity contribution is 0.0604. The first-order valence-electron chi connectivity index (χ1n) is 6.39. The van der Waals surface area contributed by atoms with Gasteiger partial charge in [-0.1, -0.05) is 30.3 Å². The second kappa shape index (κ2) is 4.90. The summed E-state index contributed by atoms with van der Waals surface area (Å²) in [5, 5.41) is 10.8. The largest absolute Gasteiger partial charge is 0.504 e. The highest BCUT2D eigenvalue weighted by atomic mass is 16.5. The SMILES string of the molecule is COC(=O)c1c2cccccc-2c2cc(=O)c(O)ccc12. The van der Waals surface area contributed by atoms with Crippen molar-refractivity contribution in [1.82, 2.24) is 0 Å². The summed E-state index contributed by atoms with van der Waals surface area (Å²) < 4.78 is 4.85. The molecule has 0 unspecified atom stereocenters. The van der Waals surface area contributed by atoms with Crippen LogP contribution in [-0.4, -0.2) is 18.2 Å². The molecule has 0 fully saturated rings. The summed E-state index contributed by atoms with van der Waals surface area (Å²) in [6.07, 6.45) is 0. The summed E-state index contributed by atoms with van der Waals surface area (Å²) in [4.78, 5) is 24.0. The average molecular weight is 280 g/mol. The first-order valence-corrected chi connectivity index (χ1v) is 6.39. The lowest BCUT2D eigenvalue weighted by atomic mass is 10.1. The third-order valence-electron chi connectivity index (χ3n) is 3.48. The zero-order valence-electron chi connectivity index (χ0n) is 11.3. The van der Waals surface area contributed by atoms with Crippen molar-refractivity contribution in [3.8, 4) is 16.9 Å². The molecule has 0 spiro atoms. The fourth-order valence-electron chi connectivity index (χ4n) is 2.53. The second-order valence-electron chi connectivity index (χ2n) is 4.66. The van der Waals surface area contributed by atoms with Gasteiger partial charge in [-0.3, -0.25) is 4.79 Å². The van der Waals surface area contributed by atoms with Crippen LogP contribution >= 0.6 is 0 Å². The Bertz CT molecular complexity index is 883. The summed E-state index contributed by atoms with van der Waals surface area (Å²) in [6, 6.07) is 13.4. The third-order valence-corrected chi connectivity index (χ3v) is 3.48. The summed E-state index contributed by atoms with van der Waals surface area (Å²) in [5.74, 6) is -0.824. The van der Waals surface area contributed by atoms with E-state index in [2.05, 4.69) is 0 Å². The van der Waals surface area contributed by atoms with E-state index in [1.807, 2.05) is 30.3 Å². The zero-order chi connectivity index (χ0) is 15.0. The van der Waals surface area contributed by atoms with Crippen molar-refractivity contribution < 1.29 is 14.6 Å². The van der Waals surface area contributed by atoms with Gasteiger partial charge < -0.3 is 9.84 Å². The van der Waals surface area contributed by atoms with Crippen LogP contribution in [0, 0.1) is 0 Å². The molecular weight excluding hydrogens is 268 g/mol. The van der Waals surface area contributed by atoms with E-state index in [0.717, 1.165) is 5.56 Å². The quantitative estimate of drug-likeness (QED) is 0.696. The fraction of sp³-hybridized carbons (Fsp3) is 0.0588. The van der Waals surface area contributed by atoms with Crippen molar-refractivity contribution in [2.75, 3.05) is 7.11 Å². The maximum Gasteiger partial charge on any atom is 0.339 e. The smallest absolute Gasteiger partial charge is 0.339 e. The molecule has 4 nitrogen and oxygen atoms in total. The van der Waals surface area contributed by atoms with Crippen molar-refractivity contribution in [3.63, 3.8) is 0 Å². The molecule has 3 rings (SSSR count). The van der Waals surface area contributed by atoms with Gasteiger partial charge in [-0.05, 0) is 40.1 Å². The van der Waals surface area contributed by atoms with Gasteiger partial charge in [0.25, 0.3) is 0 Å². The molecular formula is C17H12O4. The van der Waals surface area contributed by atoms with E-state index in [1.165, 1.54) is 19.2 Å². The van der Waals surface area contributed by atoms with Crippen LogP contribution in [0.5, 0.6) is 5.75 Å². The number of hydrogen-bond acceptors (Lipinski definition) is 4. The van der Waals surface area contributed by atoms with Gasteiger partial charge in [0, 0.05) is 0 Å². The predicted octanol–water partition coefficient (Wildman–Crippen LogP) is 2.80. The van der Waals surface area contributed by atoms with E-state index in [9.17, 15) is 14.7 Å².